The molecule has 0 aromatic carbocycles. The highest BCUT2D eigenvalue weighted by Gasteiger charge is 1.98. The maximum absolute atomic E-state index is 5.86. The molecule has 0 aliphatic rings. The summed E-state index contributed by atoms with van der Waals surface area (Å²) in [6, 6.07) is 6.00. The fourth-order valence-electron chi connectivity index (χ4n) is 1.32. The number of hydrogen-bond acceptors (Lipinski definition) is 3. The Balaban J connectivity index is 1.84. The molecule has 0 atom stereocenters. The average Bonchev–Trinajstić information content (AvgIpc) is 2.64. The molecule has 2 aromatic heterocycles. The average molecular weight is 318 g/mol. The minimum absolute atomic E-state index is 0.846. The molecule has 2 nitrogen and oxygen atoms in total. The second-order valence-electron chi connectivity index (χ2n) is 3.27. The third-order valence-corrected chi connectivity index (χ3v) is 3.76. The van der Waals surface area contributed by atoms with Gasteiger partial charge in [-0.2, -0.15) is 0 Å². The van der Waals surface area contributed by atoms with Crippen LogP contribution >= 0.6 is 38.9 Å². The summed E-state index contributed by atoms with van der Waals surface area (Å²) < 4.78 is 1.83. The van der Waals surface area contributed by atoms with E-state index < -0.39 is 0 Å². The molecule has 2 rings (SSSR count). The smallest absolute Gasteiger partial charge is 0.0931 e. The van der Waals surface area contributed by atoms with Crippen LogP contribution in [0.2, 0.25) is 4.34 Å². The lowest BCUT2D eigenvalue weighted by Crippen LogP contribution is -2.03. The minimum Gasteiger partial charge on any atom is -0.383 e. The van der Waals surface area contributed by atoms with E-state index in [0.29, 0.717) is 0 Å². The van der Waals surface area contributed by atoms with E-state index in [1.54, 1.807) is 17.5 Å². The molecule has 1 N–H and O–H groups in total. The molecule has 0 unspecified atom stereocenters. The SMILES string of the molecule is Clc1ccc(CCNc2cncc(Br)c2)s1. The topological polar surface area (TPSA) is 24.9 Å². The Morgan fingerprint density at radius 1 is 1.38 bits per heavy atom. The summed E-state index contributed by atoms with van der Waals surface area (Å²) in [4.78, 5) is 5.38. The molecule has 2 aromatic rings. The van der Waals surface area contributed by atoms with Gasteiger partial charge in [0.1, 0.15) is 0 Å². The Morgan fingerprint density at radius 3 is 2.94 bits per heavy atom. The third kappa shape index (κ3) is 3.47. The fourth-order valence-corrected chi connectivity index (χ4v) is 2.78. The number of aromatic nitrogens is 1. The summed E-state index contributed by atoms with van der Waals surface area (Å²) in [5.74, 6) is 0. The lowest BCUT2D eigenvalue weighted by atomic mass is 10.3. The van der Waals surface area contributed by atoms with Crippen molar-refractivity contribution >= 4 is 44.6 Å². The first-order valence-corrected chi connectivity index (χ1v) is 6.81. The van der Waals surface area contributed by atoms with Gasteiger partial charge in [-0.15, -0.1) is 11.3 Å². The quantitative estimate of drug-likeness (QED) is 0.913. The van der Waals surface area contributed by atoms with Crippen molar-refractivity contribution in [1.29, 1.82) is 0 Å². The van der Waals surface area contributed by atoms with Crippen LogP contribution in [0.25, 0.3) is 0 Å². The number of thiophene rings is 1. The maximum atomic E-state index is 5.86. The summed E-state index contributed by atoms with van der Waals surface area (Å²) >= 11 is 10.9. The van der Waals surface area contributed by atoms with Gasteiger partial charge in [0.05, 0.1) is 16.2 Å². The van der Waals surface area contributed by atoms with Crippen molar-refractivity contribution in [3.63, 3.8) is 0 Å². The van der Waals surface area contributed by atoms with E-state index in [4.69, 9.17) is 11.6 Å². The van der Waals surface area contributed by atoms with Crippen molar-refractivity contribution in [3.8, 4) is 0 Å². The summed E-state index contributed by atoms with van der Waals surface area (Å²) in [5, 5.41) is 3.31. The third-order valence-electron chi connectivity index (χ3n) is 2.03. The second kappa shape index (κ2) is 5.66. The maximum Gasteiger partial charge on any atom is 0.0931 e. The number of anilines is 1. The number of hydrogen-bond donors (Lipinski definition) is 1. The Kier molecular flexibility index (Phi) is 4.21. The van der Waals surface area contributed by atoms with Crippen LogP contribution < -0.4 is 5.32 Å². The van der Waals surface area contributed by atoms with Gasteiger partial charge in [-0.25, -0.2) is 0 Å². The zero-order chi connectivity index (χ0) is 11.4. The largest absolute Gasteiger partial charge is 0.383 e. The van der Waals surface area contributed by atoms with Crippen LogP contribution in [0, 0.1) is 0 Å². The van der Waals surface area contributed by atoms with E-state index in [0.717, 1.165) is 27.5 Å². The zero-order valence-electron chi connectivity index (χ0n) is 8.41. The number of rotatable bonds is 4. The van der Waals surface area contributed by atoms with Gasteiger partial charge < -0.3 is 5.32 Å². The van der Waals surface area contributed by atoms with Crippen molar-refractivity contribution < 1.29 is 0 Å². The van der Waals surface area contributed by atoms with E-state index in [1.165, 1.54) is 4.88 Å². The van der Waals surface area contributed by atoms with Crippen LogP contribution in [0.4, 0.5) is 5.69 Å². The van der Waals surface area contributed by atoms with E-state index in [2.05, 4.69) is 32.3 Å². The minimum atomic E-state index is 0.846. The lowest BCUT2D eigenvalue weighted by molar-refractivity contribution is 1.04. The Bertz CT molecular complexity index is 473. The van der Waals surface area contributed by atoms with Gasteiger partial charge in [-0.1, -0.05) is 11.6 Å². The van der Waals surface area contributed by atoms with Gasteiger partial charge in [-0.3, -0.25) is 4.98 Å². The van der Waals surface area contributed by atoms with Crippen LogP contribution in [0.1, 0.15) is 4.88 Å². The van der Waals surface area contributed by atoms with E-state index >= 15 is 0 Å². The summed E-state index contributed by atoms with van der Waals surface area (Å²) in [6.45, 7) is 0.884. The van der Waals surface area contributed by atoms with Gasteiger partial charge in [0.25, 0.3) is 0 Å². The predicted octanol–water partition coefficient (Wildman–Crippen LogP) is 4.21. The Labute approximate surface area is 112 Å². The van der Waals surface area contributed by atoms with Crippen LogP contribution in [0.5, 0.6) is 0 Å². The molecule has 0 bridgehead atoms. The molecular formula is C11H10BrClN2S. The lowest BCUT2D eigenvalue weighted by Gasteiger charge is -2.04. The van der Waals surface area contributed by atoms with Crippen molar-refractivity contribution in [2.24, 2.45) is 0 Å². The Hall–Kier alpha value is -0.580. The van der Waals surface area contributed by atoms with Gasteiger partial charge in [-0.05, 0) is 40.5 Å². The molecule has 5 heteroatoms. The summed E-state index contributed by atoms with van der Waals surface area (Å²) in [7, 11) is 0. The molecule has 0 saturated heterocycles. The summed E-state index contributed by atoms with van der Waals surface area (Å²) in [5.41, 5.74) is 1.03. The first-order chi connectivity index (χ1) is 7.74. The molecule has 0 spiro atoms. The van der Waals surface area contributed by atoms with Gasteiger partial charge >= 0.3 is 0 Å². The molecule has 2 heterocycles. The first kappa shape index (κ1) is 11.9. The van der Waals surface area contributed by atoms with E-state index in [9.17, 15) is 0 Å². The Morgan fingerprint density at radius 2 is 2.25 bits per heavy atom. The van der Waals surface area contributed by atoms with E-state index in [1.807, 2.05) is 18.3 Å². The molecule has 0 amide bonds. The number of pyridine rings is 1. The normalized spacial score (nSPS) is 10.4. The molecule has 16 heavy (non-hydrogen) atoms. The number of nitrogens with one attached hydrogen (secondary N) is 1. The standard InChI is InChI=1S/C11H10BrClN2S/c12-8-5-9(7-14-6-8)15-4-3-10-1-2-11(13)16-10/h1-2,5-7,15H,3-4H2. The first-order valence-electron chi connectivity index (χ1n) is 4.83. The van der Waals surface area contributed by atoms with Crippen molar-refractivity contribution in [1.82, 2.24) is 4.98 Å². The summed E-state index contributed by atoms with van der Waals surface area (Å²) in [6.07, 6.45) is 4.56. The van der Waals surface area contributed by atoms with Crippen LogP contribution in [-0.2, 0) is 6.42 Å². The molecular weight excluding hydrogens is 308 g/mol. The monoisotopic (exact) mass is 316 g/mol. The molecule has 0 aliphatic heterocycles. The molecule has 0 fully saturated rings. The highest BCUT2D eigenvalue weighted by Crippen LogP contribution is 2.21. The van der Waals surface area contributed by atoms with Gasteiger partial charge in [0.2, 0.25) is 0 Å². The number of nitrogens with zero attached hydrogens (tertiary/aromatic N) is 1. The van der Waals surface area contributed by atoms with Gasteiger partial charge in [0.15, 0.2) is 0 Å². The fraction of sp³-hybridized carbons (Fsp3) is 0.182. The van der Waals surface area contributed by atoms with Crippen LogP contribution in [-0.4, -0.2) is 11.5 Å². The molecule has 84 valence electrons. The number of halogens is 2. The van der Waals surface area contributed by atoms with Crippen molar-refractivity contribution in [2.45, 2.75) is 6.42 Å². The highest BCUT2D eigenvalue weighted by atomic mass is 79.9. The molecule has 0 radical (unpaired) electrons. The molecule has 0 saturated carbocycles. The highest BCUT2D eigenvalue weighted by molar-refractivity contribution is 9.10. The van der Waals surface area contributed by atoms with Crippen molar-refractivity contribution in [3.05, 3.63) is 44.3 Å². The van der Waals surface area contributed by atoms with Crippen molar-refractivity contribution in [2.75, 3.05) is 11.9 Å². The second-order valence-corrected chi connectivity index (χ2v) is 5.99. The van der Waals surface area contributed by atoms with Crippen LogP contribution in [0.15, 0.2) is 35.1 Å². The predicted molar refractivity (Wildman–Crippen MR) is 73.5 cm³/mol. The van der Waals surface area contributed by atoms with Crippen LogP contribution in [0.3, 0.4) is 0 Å². The zero-order valence-corrected chi connectivity index (χ0v) is 11.6. The molecule has 0 aliphatic carbocycles. The van der Waals surface area contributed by atoms with Gasteiger partial charge in [0, 0.05) is 22.1 Å². The van der Waals surface area contributed by atoms with E-state index in [-0.39, 0.29) is 0 Å².